The summed E-state index contributed by atoms with van der Waals surface area (Å²) in [7, 11) is 0. The Balaban J connectivity index is 0.963. The van der Waals surface area contributed by atoms with E-state index in [1.165, 1.54) is 70.6 Å². The van der Waals surface area contributed by atoms with Crippen LogP contribution in [0.4, 0.5) is 5.69 Å². The van der Waals surface area contributed by atoms with Gasteiger partial charge >= 0.3 is 0 Å². The van der Waals surface area contributed by atoms with Crippen molar-refractivity contribution in [2.45, 2.75) is 153 Å². The SMILES string of the molecule is CCCCCCCCCCCCCCCC(=O)NCc1ccc(C2OC(CN3CCC4(CC3)C(=O)NCN4c3ccccc3)C(c3ccccc3)C(c3ccc(CO)cc3)O2)cc1. The Morgan fingerprint density at radius 1 is 0.698 bits per heavy atom. The van der Waals surface area contributed by atoms with Crippen LogP contribution in [-0.2, 0) is 32.2 Å². The molecule has 3 heterocycles. The molecule has 4 aromatic rings. The van der Waals surface area contributed by atoms with Crippen molar-refractivity contribution in [3.05, 3.63) is 137 Å². The third-order valence-corrected chi connectivity index (χ3v) is 13.7. The summed E-state index contributed by atoms with van der Waals surface area (Å²) < 4.78 is 14.0. The maximum atomic E-state index is 13.5. The topological polar surface area (TPSA) is 103 Å². The van der Waals surface area contributed by atoms with Crippen LogP contribution >= 0.6 is 0 Å². The number of anilines is 1. The lowest BCUT2D eigenvalue weighted by atomic mass is 9.82. The standard InChI is InChI=1S/C54H72N4O5/c1-2-3-4-5-6-7-8-9-10-11-12-13-20-25-49(60)55-38-42-26-32-46(33-27-42)52-62-48(50(44-21-16-14-17-22-44)51(63-52)45-30-28-43(40-59)29-31-45)39-57-36-34-54(35-37-57)53(61)56-41-58(54)47-23-18-15-19-24-47/h14-19,21-24,26-33,48,50-52,59H,2-13,20,25,34-41H2,1H3,(H,55,60)(H,56,61). The second-order valence-corrected chi connectivity index (χ2v) is 18.2. The number of amides is 2. The number of ether oxygens (including phenoxy) is 2. The molecule has 4 aromatic carbocycles. The molecule has 0 aromatic heterocycles. The lowest BCUT2D eigenvalue weighted by molar-refractivity contribution is -0.264. The number of nitrogens with one attached hydrogen (secondary N) is 2. The van der Waals surface area contributed by atoms with E-state index in [0.29, 0.717) is 26.2 Å². The van der Waals surface area contributed by atoms with Gasteiger partial charge in [0.05, 0.1) is 25.5 Å². The molecule has 4 atom stereocenters. The summed E-state index contributed by atoms with van der Waals surface area (Å²) in [6.07, 6.45) is 17.7. The van der Waals surface area contributed by atoms with Crippen LogP contribution in [0.15, 0.2) is 109 Å². The van der Waals surface area contributed by atoms with Crippen molar-refractivity contribution < 1.29 is 24.2 Å². The Morgan fingerprint density at radius 2 is 1.27 bits per heavy atom. The third kappa shape index (κ3) is 12.6. The first-order chi connectivity index (χ1) is 31.0. The van der Waals surface area contributed by atoms with Crippen LogP contribution in [-0.4, -0.2) is 59.8 Å². The minimum Gasteiger partial charge on any atom is -0.392 e. The summed E-state index contributed by atoms with van der Waals surface area (Å²) in [5.74, 6) is 0.106. The molecule has 3 aliphatic rings. The van der Waals surface area contributed by atoms with E-state index in [2.05, 4.69) is 100 Å². The van der Waals surface area contributed by atoms with Crippen LogP contribution < -0.4 is 15.5 Å². The molecule has 7 rings (SSSR count). The summed E-state index contributed by atoms with van der Waals surface area (Å²) >= 11 is 0. The molecular formula is C54H72N4O5. The molecule has 63 heavy (non-hydrogen) atoms. The number of unbranched alkanes of at least 4 members (excludes halogenated alkanes) is 12. The molecule has 3 saturated heterocycles. The molecule has 1 spiro atoms. The van der Waals surface area contributed by atoms with Gasteiger partial charge in [-0.05, 0) is 53.6 Å². The number of likely N-dealkylation sites (tertiary alicyclic amines) is 1. The van der Waals surface area contributed by atoms with Crippen molar-refractivity contribution in [2.75, 3.05) is 31.2 Å². The summed E-state index contributed by atoms with van der Waals surface area (Å²) in [5.41, 5.74) is 5.47. The number of hydrogen-bond donors (Lipinski definition) is 3. The number of para-hydroxylation sites is 1. The van der Waals surface area contributed by atoms with Crippen molar-refractivity contribution >= 4 is 17.5 Å². The highest BCUT2D eigenvalue weighted by Crippen LogP contribution is 2.47. The summed E-state index contributed by atoms with van der Waals surface area (Å²) in [4.78, 5) is 31.0. The molecule has 2 amide bonds. The Kier molecular flexibility index (Phi) is 17.7. The van der Waals surface area contributed by atoms with Crippen LogP contribution in [0, 0.1) is 0 Å². The van der Waals surface area contributed by atoms with E-state index in [-0.39, 0.29) is 36.5 Å². The van der Waals surface area contributed by atoms with E-state index in [1.807, 2.05) is 36.4 Å². The van der Waals surface area contributed by atoms with Crippen molar-refractivity contribution in [2.24, 2.45) is 0 Å². The molecule has 3 fully saturated rings. The number of carbonyl (C=O) groups is 2. The number of hydrogen-bond acceptors (Lipinski definition) is 7. The predicted octanol–water partition coefficient (Wildman–Crippen LogP) is 10.6. The van der Waals surface area contributed by atoms with Gasteiger partial charge in [0.15, 0.2) is 6.29 Å². The second kappa shape index (κ2) is 23.9. The van der Waals surface area contributed by atoms with E-state index in [0.717, 1.165) is 72.3 Å². The number of carbonyl (C=O) groups excluding carboxylic acids is 2. The van der Waals surface area contributed by atoms with E-state index < -0.39 is 11.8 Å². The zero-order valence-electron chi connectivity index (χ0n) is 37.7. The first-order valence-corrected chi connectivity index (χ1v) is 24.2. The van der Waals surface area contributed by atoms with Gasteiger partial charge < -0.3 is 35.0 Å². The summed E-state index contributed by atoms with van der Waals surface area (Å²) in [5, 5.41) is 16.1. The zero-order valence-corrected chi connectivity index (χ0v) is 37.7. The summed E-state index contributed by atoms with van der Waals surface area (Å²) in [6, 6.07) is 37.1. The fraction of sp³-hybridized carbons (Fsp3) is 0.519. The average molecular weight is 857 g/mol. The van der Waals surface area contributed by atoms with Gasteiger partial charge in [0, 0.05) is 49.8 Å². The van der Waals surface area contributed by atoms with Crippen molar-refractivity contribution in [1.82, 2.24) is 15.5 Å². The normalized spacial score (nSPS) is 21.1. The van der Waals surface area contributed by atoms with Gasteiger partial charge in [-0.15, -0.1) is 0 Å². The monoisotopic (exact) mass is 857 g/mol. The fourth-order valence-corrected chi connectivity index (χ4v) is 9.94. The van der Waals surface area contributed by atoms with E-state index >= 15 is 0 Å². The average Bonchev–Trinajstić information content (AvgIpc) is 3.64. The van der Waals surface area contributed by atoms with Crippen LogP contribution in [0.5, 0.6) is 0 Å². The number of rotatable bonds is 23. The van der Waals surface area contributed by atoms with Gasteiger partial charge in [-0.3, -0.25) is 9.59 Å². The Hall–Kier alpha value is -4.54. The first-order valence-electron chi connectivity index (χ1n) is 24.2. The lowest BCUT2D eigenvalue weighted by Gasteiger charge is -2.47. The molecule has 4 unspecified atom stereocenters. The molecular weight excluding hydrogens is 785 g/mol. The van der Waals surface area contributed by atoms with Crippen LogP contribution in [0.2, 0.25) is 0 Å². The Morgan fingerprint density at radius 3 is 1.89 bits per heavy atom. The molecule has 3 aliphatic heterocycles. The zero-order chi connectivity index (χ0) is 43.7. The number of aliphatic hydroxyl groups is 1. The Labute approximate surface area is 376 Å². The molecule has 338 valence electrons. The van der Waals surface area contributed by atoms with Gasteiger partial charge in [0.1, 0.15) is 5.54 Å². The van der Waals surface area contributed by atoms with Crippen LogP contribution in [0.25, 0.3) is 0 Å². The molecule has 0 aliphatic carbocycles. The van der Waals surface area contributed by atoms with E-state index in [4.69, 9.17) is 9.47 Å². The number of piperidine rings is 1. The maximum Gasteiger partial charge on any atom is 0.247 e. The molecule has 0 saturated carbocycles. The second-order valence-electron chi connectivity index (χ2n) is 18.2. The largest absolute Gasteiger partial charge is 0.392 e. The summed E-state index contributed by atoms with van der Waals surface area (Å²) in [6.45, 7) is 5.46. The minimum absolute atomic E-state index is 0.0231. The van der Waals surface area contributed by atoms with E-state index in [9.17, 15) is 14.7 Å². The first kappa shape index (κ1) is 46.5. The molecule has 9 heteroatoms. The quantitative estimate of drug-likeness (QED) is 0.0639. The molecule has 0 bridgehead atoms. The van der Waals surface area contributed by atoms with E-state index in [1.54, 1.807) is 0 Å². The Bertz CT molecular complexity index is 1950. The van der Waals surface area contributed by atoms with Crippen LogP contribution in [0.3, 0.4) is 0 Å². The van der Waals surface area contributed by atoms with Crippen molar-refractivity contribution in [3.8, 4) is 0 Å². The minimum atomic E-state index is -0.623. The maximum absolute atomic E-state index is 13.5. The van der Waals surface area contributed by atoms with Gasteiger partial charge in [-0.1, -0.05) is 181 Å². The predicted molar refractivity (Wildman–Crippen MR) is 252 cm³/mol. The van der Waals surface area contributed by atoms with Crippen LogP contribution in [0.1, 0.15) is 156 Å². The highest BCUT2D eigenvalue weighted by Gasteiger charge is 2.51. The molecule has 3 N–H and O–H groups in total. The number of benzene rings is 4. The molecule has 0 radical (unpaired) electrons. The van der Waals surface area contributed by atoms with Crippen molar-refractivity contribution in [3.63, 3.8) is 0 Å². The van der Waals surface area contributed by atoms with Gasteiger partial charge in [-0.25, -0.2) is 0 Å². The van der Waals surface area contributed by atoms with Crippen molar-refractivity contribution in [1.29, 1.82) is 0 Å². The number of aliphatic hydroxyl groups excluding tert-OH is 1. The van der Waals surface area contributed by atoms with Gasteiger partial charge in [0.2, 0.25) is 11.8 Å². The molecule has 9 nitrogen and oxygen atoms in total. The third-order valence-electron chi connectivity index (χ3n) is 13.7. The highest BCUT2D eigenvalue weighted by atomic mass is 16.7. The highest BCUT2D eigenvalue weighted by molar-refractivity contribution is 5.93. The van der Waals surface area contributed by atoms with Gasteiger partial charge in [-0.2, -0.15) is 0 Å². The fourth-order valence-electron chi connectivity index (χ4n) is 9.94. The lowest BCUT2D eigenvalue weighted by Crippen LogP contribution is -2.57. The number of nitrogens with zero attached hydrogens (tertiary/aromatic N) is 2. The van der Waals surface area contributed by atoms with Gasteiger partial charge in [0.25, 0.3) is 0 Å². The smallest absolute Gasteiger partial charge is 0.247 e.